The van der Waals surface area contributed by atoms with E-state index in [1.165, 1.54) is 27.1 Å². The van der Waals surface area contributed by atoms with Gasteiger partial charge in [0.2, 0.25) is 15.9 Å². The van der Waals surface area contributed by atoms with Gasteiger partial charge < -0.3 is 9.73 Å². The molecule has 0 spiro atoms. The highest BCUT2D eigenvalue weighted by Gasteiger charge is 2.23. The molecule has 0 saturated heterocycles. The van der Waals surface area contributed by atoms with Crippen molar-refractivity contribution >= 4 is 32.7 Å². The Labute approximate surface area is 168 Å². The number of aromatic nitrogens is 1. The molecule has 3 aromatic rings. The highest BCUT2D eigenvalue weighted by atomic mass is 32.2. The summed E-state index contributed by atoms with van der Waals surface area (Å²) in [5, 5.41) is 2.74. The second-order valence-corrected chi connectivity index (χ2v) is 8.53. The average molecular weight is 417 g/mol. The minimum Gasteiger partial charge on any atom is -0.408 e. The second-order valence-electron chi connectivity index (χ2n) is 6.59. The van der Waals surface area contributed by atoms with Crippen LogP contribution in [-0.2, 0) is 21.4 Å². The quantitative estimate of drug-likeness (QED) is 0.637. The zero-order valence-electron chi connectivity index (χ0n) is 16.5. The van der Waals surface area contributed by atoms with Gasteiger partial charge in [-0.15, -0.1) is 0 Å². The lowest BCUT2D eigenvalue weighted by Gasteiger charge is -2.18. The van der Waals surface area contributed by atoms with Crippen LogP contribution in [0.2, 0.25) is 0 Å². The molecule has 8 nitrogen and oxygen atoms in total. The van der Waals surface area contributed by atoms with Gasteiger partial charge >= 0.3 is 5.76 Å². The van der Waals surface area contributed by atoms with E-state index in [0.29, 0.717) is 24.3 Å². The van der Waals surface area contributed by atoms with E-state index in [-0.39, 0.29) is 22.9 Å². The first-order valence-corrected chi connectivity index (χ1v) is 10.7. The standard InChI is InChI=1S/C20H23N3O5S/c1-4-22(5-2)29(26,27)16-9-10-17-18(12-16)28-20(25)23(17)13-19(24)21-15-8-6-7-14(3)11-15/h6-12H,4-5,13H2,1-3H3,(H,21,24). The van der Waals surface area contributed by atoms with Crippen LogP contribution in [0.4, 0.5) is 5.69 Å². The molecule has 154 valence electrons. The van der Waals surface area contributed by atoms with E-state index in [4.69, 9.17) is 4.42 Å². The molecular formula is C20H23N3O5S. The maximum atomic E-state index is 12.7. The number of fused-ring (bicyclic) bond motifs is 1. The van der Waals surface area contributed by atoms with Crippen LogP contribution in [0.3, 0.4) is 0 Å². The monoisotopic (exact) mass is 417 g/mol. The number of nitrogens with zero attached hydrogens (tertiary/aromatic N) is 2. The Hall–Kier alpha value is -2.91. The minimum absolute atomic E-state index is 0.0406. The van der Waals surface area contributed by atoms with Gasteiger partial charge in [-0.2, -0.15) is 4.31 Å². The zero-order chi connectivity index (χ0) is 21.2. The maximum Gasteiger partial charge on any atom is 0.420 e. The lowest BCUT2D eigenvalue weighted by molar-refractivity contribution is -0.116. The van der Waals surface area contributed by atoms with Crippen molar-refractivity contribution in [1.82, 2.24) is 8.87 Å². The highest BCUT2D eigenvalue weighted by Crippen LogP contribution is 2.21. The van der Waals surface area contributed by atoms with Crippen molar-refractivity contribution < 1.29 is 17.6 Å². The summed E-state index contributed by atoms with van der Waals surface area (Å²) < 4.78 is 33.0. The molecule has 0 fully saturated rings. The van der Waals surface area contributed by atoms with E-state index in [2.05, 4.69) is 5.32 Å². The Morgan fingerprint density at radius 3 is 2.52 bits per heavy atom. The number of carbonyl (C=O) groups is 1. The molecule has 0 aliphatic heterocycles. The van der Waals surface area contributed by atoms with Gasteiger partial charge in [0.25, 0.3) is 0 Å². The molecule has 0 unspecified atom stereocenters. The number of sulfonamides is 1. The second kappa shape index (κ2) is 8.22. The molecule has 1 aromatic heterocycles. The molecule has 29 heavy (non-hydrogen) atoms. The molecule has 1 heterocycles. The Kier molecular flexibility index (Phi) is 5.90. The van der Waals surface area contributed by atoms with E-state index >= 15 is 0 Å². The van der Waals surface area contributed by atoms with Gasteiger partial charge in [-0.1, -0.05) is 26.0 Å². The van der Waals surface area contributed by atoms with Crippen molar-refractivity contribution in [3.8, 4) is 0 Å². The Morgan fingerprint density at radius 1 is 1.14 bits per heavy atom. The zero-order valence-corrected chi connectivity index (χ0v) is 17.3. The van der Waals surface area contributed by atoms with Crippen LogP contribution in [0.15, 0.2) is 56.6 Å². The number of amides is 1. The summed E-state index contributed by atoms with van der Waals surface area (Å²) in [5.74, 6) is -1.11. The first-order valence-electron chi connectivity index (χ1n) is 9.26. The number of benzene rings is 2. The average Bonchev–Trinajstić information content (AvgIpc) is 2.97. The number of oxazole rings is 1. The predicted molar refractivity (Wildman–Crippen MR) is 110 cm³/mol. The lowest BCUT2D eigenvalue weighted by Crippen LogP contribution is -2.30. The van der Waals surface area contributed by atoms with Crippen LogP contribution >= 0.6 is 0 Å². The summed E-state index contributed by atoms with van der Waals surface area (Å²) in [6.07, 6.45) is 0. The van der Waals surface area contributed by atoms with E-state index < -0.39 is 15.8 Å². The van der Waals surface area contributed by atoms with Crippen LogP contribution in [0.5, 0.6) is 0 Å². The number of rotatable bonds is 7. The minimum atomic E-state index is -3.68. The summed E-state index contributed by atoms with van der Waals surface area (Å²) >= 11 is 0. The topological polar surface area (TPSA) is 102 Å². The molecule has 0 aliphatic carbocycles. The van der Waals surface area contributed by atoms with Gasteiger partial charge in [0.15, 0.2) is 5.58 Å². The van der Waals surface area contributed by atoms with Gasteiger partial charge in [-0.3, -0.25) is 9.36 Å². The van der Waals surface area contributed by atoms with Crippen molar-refractivity contribution in [2.75, 3.05) is 18.4 Å². The first kappa shape index (κ1) is 20.8. The molecule has 2 aromatic carbocycles. The van der Waals surface area contributed by atoms with Gasteiger partial charge in [-0.05, 0) is 36.8 Å². The third-order valence-corrected chi connectivity index (χ3v) is 6.63. The fourth-order valence-corrected chi connectivity index (χ4v) is 4.61. The van der Waals surface area contributed by atoms with E-state index in [0.717, 1.165) is 5.56 Å². The normalized spacial score (nSPS) is 11.9. The van der Waals surface area contributed by atoms with Crippen LogP contribution in [0.1, 0.15) is 19.4 Å². The number of anilines is 1. The number of hydrogen-bond donors (Lipinski definition) is 1. The molecule has 0 atom stereocenters. The smallest absolute Gasteiger partial charge is 0.408 e. The molecule has 0 aliphatic rings. The number of nitrogens with one attached hydrogen (secondary N) is 1. The SMILES string of the molecule is CCN(CC)S(=O)(=O)c1ccc2c(c1)oc(=O)n2CC(=O)Nc1cccc(C)c1. The highest BCUT2D eigenvalue weighted by molar-refractivity contribution is 7.89. The van der Waals surface area contributed by atoms with Crippen molar-refractivity contribution in [3.05, 3.63) is 58.6 Å². The fourth-order valence-electron chi connectivity index (χ4n) is 3.14. The summed E-state index contributed by atoms with van der Waals surface area (Å²) in [6.45, 7) is 5.84. The van der Waals surface area contributed by atoms with Crippen molar-refractivity contribution in [2.24, 2.45) is 0 Å². The third-order valence-electron chi connectivity index (χ3n) is 4.59. The van der Waals surface area contributed by atoms with Crippen LogP contribution in [0.25, 0.3) is 11.1 Å². The van der Waals surface area contributed by atoms with Gasteiger partial charge in [-0.25, -0.2) is 13.2 Å². The molecule has 3 rings (SSSR count). The molecule has 1 N–H and O–H groups in total. The van der Waals surface area contributed by atoms with Crippen LogP contribution < -0.4 is 11.1 Å². The molecular weight excluding hydrogens is 394 g/mol. The van der Waals surface area contributed by atoms with E-state index in [1.807, 2.05) is 25.1 Å². The summed E-state index contributed by atoms with van der Waals surface area (Å²) in [7, 11) is -3.68. The fraction of sp³-hybridized carbons (Fsp3) is 0.300. The summed E-state index contributed by atoms with van der Waals surface area (Å²) in [6, 6.07) is 11.5. The Morgan fingerprint density at radius 2 is 1.86 bits per heavy atom. The largest absolute Gasteiger partial charge is 0.420 e. The van der Waals surface area contributed by atoms with Gasteiger partial charge in [0, 0.05) is 24.8 Å². The van der Waals surface area contributed by atoms with Crippen LogP contribution in [0, 0.1) is 6.92 Å². The third kappa shape index (κ3) is 4.25. The number of hydrogen-bond acceptors (Lipinski definition) is 5. The molecule has 0 radical (unpaired) electrons. The molecule has 9 heteroatoms. The van der Waals surface area contributed by atoms with Crippen molar-refractivity contribution in [2.45, 2.75) is 32.2 Å². The predicted octanol–water partition coefficient (Wildman–Crippen LogP) is 2.57. The van der Waals surface area contributed by atoms with Gasteiger partial charge in [0.05, 0.1) is 10.4 Å². The number of carbonyl (C=O) groups excluding carboxylic acids is 1. The Bertz CT molecular complexity index is 1210. The summed E-state index contributed by atoms with van der Waals surface area (Å²) in [4.78, 5) is 24.7. The van der Waals surface area contributed by atoms with Crippen molar-refractivity contribution in [1.29, 1.82) is 0 Å². The molecule has 0 saturated carbocycles. The molecule has 1 amide bonds. The van der Waals surface area contributed by atoms with Gasteiger partial charge in [0.1, 0.15) is 6.54 Å². The summed E-state index contributed by atoms with van der Waals surface area (Å²) in [5.41, 5.74) is 2.10. The van der Waals surface area contributed by atoms with E-state index in [1.54, 1.807) is 19.9 Å². The van der Waals surface area contributed by atoms with Crippen LogP contribution in [-0.4, -0.2) is 36.3 Å². The van der Waals surface area contributed by atoms with Crippen molar-refractivity contribution in [3.63, 3.8) is 0 Å². The molecule has 0 bridgehead atoms. The number of aryl methyl sites for hydroxylation is 1. The maximum absolute atomic E-state index is 12.7. The van der Waals surface area contributed by atoms with E-state index in [9.17, 15) is 18.0 Å². The Balaban J connectivity index is 1.90. The first-order chi connectivity index (χ1) is 13.8. The lowest BCUT2D eigenvalue weighted by atomic mass is 10.2.